The van der Waals surface area contributed by atoms with Crippen LogP contribution < -0.4 is 4.74 Å². The lowest BCUT2D eigenvalue weighted by atomic mass is 10.1. The average Bonchev–Trinajstić information content (AvgIpc) is 3.29. The maximum atomic E-state index is 12.1. The largest absolute Gasteiger partial charge is 0.497 e. The van der Waals surface area contributed by atoms with Crippen molar-refractivity contribution in [2.45, 2.75) is 62.8 Å². The van der Waals surface area contributed by atoms with E-state index >= 15 is 0 Å². The number of hydrogen-bond donors (Lipinski definition) is 1. The molecule has 0 bridgehead atoms. The number of ether oxygens (including phenoxy) is 5. The number of fused-ring (bicyclic) bond motifs is 1. The number of carbonyl (C=O) groups is 2. The summed E-state index contributed by atoms with van der Waals surface area (Å²) in [5.41, 5.74) is 0.711. The highest BCUT2D eigenvalue weighted by molar-refractivity contribution is 5.95. The Balaban J connectivity index is 1.51. The van der Waals surface area contributed by atoms with Gasteiger partial charge >= 0.3 is 5.97 Å². The summed E-state index contributed by atoms with van der Waals surface area (Å²) in [5, 5.41) is 10.2. The number of ketones is 1. The number of aliphatic hydroxyl groups excluding tert-OH is 1. The molecule has 8 heteroatoms. The topological polar surface area (TPSA) is 101 Å². The predicted molar refractivity (Wildman–Crippen MR) is 110 cm³/mol. The number of aliphatic hydroxyl groups is 1. The number of carbonyl (C=O) groups excluding carboxylic acids is 2. The molecule has 31 heavy (non-hydrogen) atoms. The van der Waals surface area contributed by atoms with Crippen LogP contribution in [0.2, 0.25) is 0 Å². The Morgan fingerprint density at radius 2 is 2.03 bits per heavy atom. The quantitative estimate of drug-likeness (QED) is 0.232. The lowest BCUT2D eigenvalue weighted by Crippen LogP contribution is -2.45. The molecule has 2 saturated heterocycles. The van der Waals surface area contributed by atoms with Crippen molar-refractivity contribution in [3.05, 3.63) is 42.5 Å². The van der Waals surface area contributed by atoms with E-state index in [-0.39, 0.29) is 25.4 Å². The molecule has 1 aromatic carbocycles. The smallest absolute Gasteiger partial charge is 0.313 e. The molecule has 2 heterocycles. The van der Waals surface area contributed by atoms with Crippen molar-refractivity contribution in [2.75, 3.05) is 20.3 Å². The molecule has 3 rings (SSSR count). The predicted octanol–water partition coefficient (Wildman–Crippen LogP) is 2.84. The van der Waals surface area contributed by atoms with Crippen LogP contribution in [0, 0.1) is 0 Å². The van der Waals surface area contributed by atoms with Gasteiger partial charge in [-0.3, -0.25) is 9.59 Å². The summed E-state index contributed by atoms with van der Waals surface area (Å²) in [6.45, 7) is 3.39. The zero-order chi connectivity index (χ0) is 22.3. The Kier molecular flexibility index (Phi) is 8.20. The van der Waals surface area contributed by atoms with Crippen molar-refractivity contribution in [2.24, 2.45) is 0 Å². The molecular formula is C23H30O8. The number of benzene rings is 1. The second-order valence-electron chi connectivity index (χ2n) is 7.73. The summed E-state index contributed by atoms with van der Waals surface area (Å²) in [6, 6.07) is 7.10. The van der Waals surface area contributed by atoms with Gasteiger partial charge in [-0.1, -0.05) is 24.6 Å². The molecule has 1 N–H and O–H groups in total. The first-order valence-electron chi connectivity index (χ1n) is 10.5. The lowest BCUT2D eigenvalue weighted by molar-refractivity contribution is -0.237. The second-order valence-corrected chi connectivity index (χ2v) is 7.73. The highest BCUT2D eigenvalue weighted by Gasteiger charge is 2.60. The van der Waals surface area contributed by atoms with Crippen LogP contribution in [-0.2, 0) is 28.5 Å². The van der Waals surface area contributed by atoms with Crippen molar-refractivity contribution in [3.63, 3.8) is 0 Å². The van der Waals surface area contributed by atoms with Crippen LogP contribution in [0.1, 0.15) is 50.4 Å². The molecule has 2 aliphatic rings. The van der Waals surface area contributed by atoms with Crippen LogP contribution in [0.25, 0.3) is 0 Å². The van der Waals surface area contributed by atoms with E-state index in [0.717, 1.165) is 25.7 Å². The Hall–Kier alpha value is -2.26. The normalized spacial score (nSPS) is 27.0. The van der Waals surface area contributed by atoms with Crippen molar-refractivity contribution < 1.29 is 38.4 Å². The van der Waals surface area contributed by atoms with E-state index < -0.39 is 30.3 Å². The van der Waals surface area contributed by atoms with Gasteiger partial charge in [0.05, 0.1) is 13.7 Å². The summed E-state index contributed by atoms with van der Waals surface area (Å²) in [4.78, 5) is 24.1. The molecule has 0 aromatic heterocycles. The highest BCUT2D eigenvalue weighted by Crippen LogP contribution is 2.44. The van der Waals surface area contributed by atoms with Crippen molar-refractivity contribution in [3.8, 4) is 5.75 Å². The molecule has 0 spiro atoms. The maximum absolute atomic E-state index is 12.1. The van der Waals surface area contributed by atoms with Crippen LogP contribution in [0.3, 0.4) is 0 Å². The molecule has 170 valence electrons. The number of esters is 1. The van der Waals surface area contributed by atoms with E-state index in [1.54, 1.807) is 31.4 Å². The summed E-state index contributed by atoms with van der Waals surface area (Å²) in [6.07, 6.45) is 2.93. The molecule has 0 aliphatic carbocycles. The second kappa shape index (κ2) is 10.9. The summed E-state index contributed by atoms with van der Waals surface area (Å²) >= 11 is 0. The number of rotatable bonds is 12. The minimum absolute atomic E-state index is 0.00118. The average molecular weight is 434 g/mol. The lowest BCUT2D eigenvalue weighted by Gasteiger charge is -2.25. The maximum Gasteiger partial charge on any atom is 0.313 e. The molecule has 2 fully saturated rings. The minimum atomic E-state index is -1.41. The highest BCUT2D eigenvalue weighted by atomic mass is 16.8. The molecular weight excluding hydrogens is 404 g/mol. The first kappa shape index (κ1) is 23.4. The minimum Gasteiger partial charge on any atom is -0.497 e. The van der Waals surface area contributed by atoms with Crippen molar-refractivity contribution >= 4 is 11.8 Å². The van der Waals surface area contributed by atoms with Gasteiger partial charge in [0.15, 0.2) is 6.29 Å². The standard InChI is InChI=1S/C23H30O8/c1-3-4-5-6-7-8-17(24)13-20(26)28-15-23-21(19(25)14-29-23)30-22(31-23)16-9-11-18(27-2)12-10-16/h3,9-12,19,21-22,25H,1,4-8,13-15H2,2H3/t19-,21+,22?,23+/m1/s1. The fraction of sp³-hybridized carbons (Fsp3) is 0.565. The first-order valence-corrected chi connectivity index (χ1v) is 10.5. The van der Waals surface area contributed by atoms with Crippen LogP contribution in [0.15, 0.2) is 36.9 Å². The van der Waals surface area contributed by atoms with Gasteiger partial charge in [0.25, 0.3) is 0 Å². The Morgan fingerprint density at radius 3 is 2.74 bits per heavy atom. The van der Waals surface area contributed by atoms with E-state index in [1.807, 2.05) is 6.08 Å². The van der Waals surface area contributed by atoms with Gasteiger partial charge in [-0.05, 0) is 31.4 Å². The fourth-order valence-electron chi connectivity index (χ4n) is 3.66. The van der Waals surface area contributed by atoms with Crippen molar-refractivity contribution in [1.29, 1.82) is 0 Å². The van der Waals surface area contributed by atoms with E-state index in [4.69, 9.17) is 23.7 Å². The van der Waals surface area contributed by atoms with Crippen LogP contribution >= 0.6 is 0 Å². The van der Waals surface area contributed by atoms with E-state index in [9.17, 15) is 14.7 Å². The van der Waals surface area contributed by atoms with E-state index in [0.29, 0.717) is 17.7 Å². The van der Waals surface area contributed by atoms with E-state index in [1.165, 1.54) is 0 Å². The summed E-state index contributed by atoms with van der Waals surface area (Å²) in [7, 11) is 1.57. The SMILES string of the molecule is C=CCCCCCC(=O)CC(=O)OC[C@@]12OC[C@@H](O)[C@@H]1OC(c1ccc(OC)cc1)O2. The number of methoxy groups -OCH3 is 1. The molecule has 0 radical (unpaired) electrons. The van der Waals surface area contributed by atoms with Gasteiger partial charge in [0.1, 0.15) is 36.8 Å². The Morgan fingerprint density at radius 1 is 1.26 bits per heavy atom. The van der Waals surface area contributed by atoms with Gasteiger partial charge in [0, 0.05) is 12.0 Å². The summed E-state index contributed by atoms with van der Waals surface area (Å²) in [5.74, 6) is -1.53. The van der Waals surface area contributed by atoms with Crippen LogP contribution in [0.4, 0.5) is 0 Å². The molecule has 2 aliphatic heterocycles. The van der Waals surface area contributed by atoms with E-state index in [2.05, 4.69) is 6.58 Å². The van der Waals surface area contributed by atoms with Gasteiger partial charge in [-0.2, -0.15) is 0 Å². The zero-order valence-electron chi connectivity index (χ0n) is 17.8. The zero-order valence-corrected chi connectivity index (χ0v) is 17.8. The molecule has 8 nitrogen and oxygen atoms in total. The van der Waals surface area contributed by atoms with Crippen molar-refractivity contribution in [1.82, 2.24) is 0 Å². The number of allylic oxidation sites excluding steroid dienone is 1. The molecule has 4 atom stereocenters. The molecule has 1 aromatic rings. The van der Waals surface area contributed by atoms with Crippen LogP contribution in [0.5, 0.6) is 5.75 Å². The Bertz CT molecular complexity index is 761. The Labute approximate surface area is 182 Å². The van der Waals surface area contributed by atoms with Gasteiger partial charge in [-0.15, -0.1) is 6.58 Å². The number of unbranched alkanes of at least 4 members (excludes halogenated alkanes) is 3. The van der Waals surface area contributed by atoms with Gasteiger partial charge < -0.3 is 28.8 Å². The fourth-order valence-corrected chi connectivity index (χ4v) is 3.66. The van der Waals surface area contributed by atoms with Gasteiger partial charge in [0.2, 0.25) is 5.79 Å². The third kappa shape index (κ3) is 5.92. The first-order chi connectivity index (χ1) is 15.0. The molecule has 1 unspecified atom stereocenters. The number of Topliss-reactive ketones (excluding diaryl/α,β-unsaturated/α-hetero) is 1. The van der Waals surface area contributed by atoms with Gasteiger partial charge in [-0.25, -0.2) is 0 Å². The van der Waals surface area contributed by atoms with Crippen LogP contribution in [-0.4, -0.2) is 55.2 Å². The third-order valence-corrected chi connectivity index (χ3v) is 5.39. The monoisotopic (exact) mass is 434 g/mol. The third-order valence-electron chi connectivity index (χ3n) is 5.39. The summed E-state index contributed by atoms with van der Waals surface area (Å²) < 4.78 is 27.9. The molecule has 0 amide bonds. The number of hydrogen-bond acceptors (Lipinski definition) is 8. The molecule has 0 saturated carbocycles.